The van der Waals surface area contributed by atoms with Crippen LogP contribution in [0.15, 0.2) is 72.8 Å². The van der Waals surface area contributed by atoms with Gasteiger partial charge in [-0.1, -0.05) is 54.6 Å². The molecule has 0 aliphatic rings. The molecule has 3 aromatic rings. The Hall–Kier alpha value is -3.20. The quantitative estimate of drug-likeness (QED) is 0.532. The summed E-state index contributed by atoms with van der Waals surface area (Å²) in [5.74, 6) is 2.40. The first-order valence-corrected chi connectivity index (χ1v) is 8.45. The van der Waals surface area contributed by atoms with Crippen LogP contribution in [0.2, 0.25) is 0 Å². The molecular weight excluding hydrogens is 324 g/mol. The molecule has 0 saturated heterocycles. The van der Waals surface area contributed by atoms with Crippen LogP contribution < -0.4 is 14.2 Å². The summed E-state index contributed by atoms with van der Waals surface area (Å²) in [6, 6.07) is 24.0. The minimum Gasteiger partial charge on any atom is -0.497 e. The third kappa shape index (κ3) is 4.90. The summed E-state index contributed by atoms with van der Waals surface area (Å²) in [5.41, 5.74) is 3.27. The summed E-state index contributed by atoms with van der Waals surface area (Å²) in [5, 5.41) is 0. The second-order valence-electron chi connectivity index (χ2n) is 5.82. The Bertz CT molecular complexity index is 830. The molecule has 0 N–H and O–H groups in total. The first-order valence-electron chi connectivity index (χ1n) is 8.45. The highest BCUT2D eigenvalue weighted by atomic mass is 16.5. The van der Waals surface area contributed by atoms with E-state index >= 15 is 0 Å². The van der Waals surface area contributed by atoms with Crippen LogP contribution in [0.25, 0.3) is 12.2 Å². The van der Waals surface area contributed by atoms with Crippen molar-refractivity contribution in [1.29, 1.82) is 0 Å². The number of rotatable bonds is 7. The van der Waals surface area contributed by atoms with Crippen LogP contribution >= 0.6 is 0 Å². The van der Waals surface area contributed by atoms with E-state index in [2.05, 4.69) is 18.2 Å². The second-order valence-corrected chi connectivity index (χ2v) is 5.82. The first kappa shape index (κ1) is 17.6. The van der Waals surface area contributed by atoms with Crippen molar-refractivity contribution >= 4 is 12.2 Å². The van der Waals surface area contributed by atoms with Crippen molar-refractivity contribution in [2.45, 2.75) is 6.61 Å². The van der Waals surface area contributed by atoms with Gasteiger partial charge in [0.2, 0.25) is 0 Å². The number of hydrogen-bond acceptors (Lipinski definition) is 3. The Labute approximate surface area is 154 Å². The number of methoxy groups -OCH3 is 2. The van der Waals surface area contributed by atoms with E-state index in [-0.39, 0.29) is 0 Å². The van der Waals surface area contributed by atoms with Gasteiger partial charge in [0.1, 0.15) is 23.9 Å². The fourth-order valence-electron chi connectivity index (χ4n) is 2.53. The van der Waals surface area contributed by atoms with Gasteiger partial charge in [-0.05, 0) is 41.0 Å². The molecule has 0 aliphatic heterocycles. The Morgan fingerprint density at radius 3 is 1.88 bits per heavy atom. The van der Waals surface area contributed by atoms with Gasteiger partial charge in [-0.25, -0.2) is 0 Å². The van der Waals surface area contributed by atoms with Crippen LogP contribution in [0.5, 0.6) is 17.2 Å². The van der Waals surface area contributed by atoms with Crippen LogP contribution in [0.4, 0.5) is 0 Å². The molecule has 3 rings (SSSR count). The standard InChI is InChI=1S/C23H22O3/c1-24-22-14-20(15-23(16-22)25-2)9-8-18-10-12-21(13-11-18)26-17-19-6-4-3-5-7-19/h3-16H,17H2,1-2H3/b9-8+. The zero-order chi connectivity index (χ0) is 18.2. The van der Waals surface area contributed by atoms with Crippen molar-refractivity contribution in [1.82, 2.24) is 0 Å². The minimum atomic E-state index is 0.569. The molecular formula is C23H22O3. The lowest BCUT2D eigenvalue weighted by Gasteiger charge is -2.07. The fraction of sp³-hybridized carbons (Fsp3) is 0.130. The van der Waals surface area contributed by atoms with E-state index in [1.807, 2.05) is 66.7 Å². The van der Waals surface area contributed by atoms with E-state index in [0.717, 1.165) is 33.9 Å². The van der Waals surface area contributed by atoms with Gasteiger partial charge in [0.05, 0.1) is 14.2 Å². The highest BCUT2D eigenvalue weighted by Gasteiger charge is 2.00. The molecule has 0 radical (unpaired) electrons. The maximum Gasteiger partial charge on any atom is 0.123 e. The van der Waals surface area contributed by atoms with Crippen molar-refractivity contribution in [3.05, 3.63) is 89.5 Å². The Morgan fingerprint density at radius 2 is 1.27 bits per heavy atom. The lowest BCUT2D eigenvalue weighted by Crippen LogP contribution is -1.94. The SMILES string of the molecule is COc1cc(/C=C/c2ccc(OCc3ccccc3)cc2)cc(OC)c1. The van der Waals surface area contributed by atoms with Crippen molar-refractivity contribution < 1.29 is 14.2 Å². The van der Waals surface area contributed by atoms with Gasteiger partial charge in [0.15, 0.2) is 0 Å². The van der Waals surface area contributed by atoms with Crippen molar-refractivity contribution in [3.8, 4) is 17.2 Å². The van der Waals surface area contributed by atoms with Crippen LogP contribution in [-0.2, 0) is 6.61 Å². The van der Waals surface area contributed by atoms with Crippen molar-refractivity contribution in [3.63, 3.8) is 0 Å². The molecule has 0 fully saturated rings. The maximum absolute atomic E-state index is 5.81. The maximum atomic E-state index is 5.81. The van der Waals surface area contributed by atoms with Gasteiger partial charge < -0.3 is 14.2 Å². The lowest BCUT2D eigenvalue weighted by molar-refractivity contribution is 0.306. The average molecular weight is 346 g/mol. The van der Waals surface area contributed by atoms with Gasteiger partial charge in [0, 0.05) is 6.07 Å². The molecule has 26 heavy (non-hydrogen) atoms. The molecule has 0 unspecified atom stereocenters. The van der Waals surface area contributed by atoms with Gasteiger partial charge in [-0.15, -0.1) is 0 Å². The summed E-state index contributed by atoms with van der Waals surface area (Å²) in [4.78, 5) is 0. The summed E-state index contributed by atoms with van der Waals surface area (Å²) < 4.78 is 16.4. The molecule has 0 aliphatic carbocycles. The fourth-order valence-corrected chi connectivity index (χ4v) is 2.53. The minimum absolute atomic E-state index is 0.569. The molecule has 0 bridgehead atoms. The van der Waals surface area contributed by atoms with E-state index in [1.54, 1.807) is 14.2 Å². The number of ether oxygens (including phenoxy) is 3. The zero-order valence-electron chi connectivity index (χ0n) is 15.0. The monoisotopic (exact) mass is 346 g/mol. The second kappa shape index (κ2) is 8.77. The van der Waals surface area contributed by atoms with Gasteiger partial charge in [-0.2, -0.15) is 0 Å². The summed E-state index contributed by atoms with van der Waals surface area (Å²) in [6.07, 6.45) is 4.08. The van der Waals surface area contributed by atoms with Crippen LogP contribution in [0, 0.1) is 0 Å². The molecule has 0 heterocycles. The number of benzene rings is 3. The van der Waals surface area contributed by atoms with E-state index in [9.17, 15) is 0 Å². The lowest BCUT2D eigenvalue weighted by atomic mass is 10.1. The predicted molar refractivity (Wildman–Crippen MR) is 106 cm³/mol. The predicted octanol–water partition coefficient (Wildman–Crippen LogP) is 5.45. The van der Waals surface area contributed by atoms with E-state index in [0.29, 0.717) is 6.61 Å². The Balaban J connectivity index is 1.64. The molecule has 3 aromatic carbocycles. The third-order valence-corrected chi connectivity index (χ3v) is 3.97. The molecule has 3 heteroatoms. The molecule has 0 spiro atoms. The Kier molecular flexibility index (Phi) is 5.94. The van der Waals surface area contributed by atoms with E-state index in [1.165, 1.54) is 0 Å². The number of hydrogen-bond donors (Lipinski definition) is 0. The van der Waals surface area contributed by atoms with Crippen molar-refractivity contribution in [2.24, 2.45) is 0 Å². The average Bonchev–Trinajstić information content (AvgIpc) is 2.72. The highest BCUT2D eigenvalue weighted by Crippen LogP contribution is 2.24. The smallest absolute Gasteiger partial charge is 0.123 e. The molecule has 0 saturated carbocycles. The topological polar surface area (TPSA) is 27.7 Å². The first-order chi connectivity index (χ1) is 12.8. The summed E-state index contributed by atoms with van der Waals surface area (Å²) in [7, 11) is 3.30. The van der Waals surface area contributed by atoms with Gasteiger partial charge in [0.25, 0.3) is 0 Å². The van der Waals surface area contributed by atoms with Gasteiger partial charge >= 0.3 is 0 Å². The normalized spacial score (nSPS) is 10.7. The Morgan fingerprint density at radius 1 is 0.654 bits per heavy atom. The molecule has 0 atom stereocenters. The zero-order valence-corrected chi connectivity index (χ0v) is 15.0. The van der Waals surface area contributed by atoms with Crippen LogP contribution in [-0.4, -0.2) is 14.2 Å². The third-order valence-electron chi connectivity index (χ3n) is 3.97. The van der Waals surface area contributed by atoms with E-state index < -0.39 is 0 Å². The van der Waals surface area contributed by atoms with Crippen LogP contribution in [0.3, 0.4) is 0 Å². The largest absolute Gasteiger partial charge is 0.497 e. The molecule has 0 amide bonds. The summed E-state index contributed by atoms with van der Waals surface area (Å²) in [6.45, 7) is 0.569. The molecule has 132 valence electrons. The molecule has 0 aromatic heterocycles. The highest BCUT2D eigenvalue weighted by molar-refractivity contribution is 5.71. The summed E-state index contributed by atoms with van der Waals surface area (Å²) >= 11 is 0. The van der Waals surface area contributed by atoms with Crippen molar-refractivity contribution in [2.75, 3.05) is 14.2 Å². The van der Waals surface area contributed by atoms with Gasteiger partial charge in [-0.3, -0.25) is 0 Å². The van der Waals surface area contributed by atoms with Crippen LogP contribution in [0.1, 0.15) is 16.7 Å². The van der Waals surface area contributed by atoms with E-state index in [4.69, 9.17) is 14.2 Å². The molecule has 3 nitrogen and oxygen atoms in total.